The van der Waals surface area contributed by atoms with Crippen LogP contribution in [-0.2, 0) is 24.3 Å². The van der Waals surface area contributed by atoms with E-state index in [0.717, 1.165) is 25.7 Å². The first kappa shape index (κ1) is 27.0. The zero-order valence-corrected chi connectivity index (χ0v) is 19.6. The third-order valence-electron chi connectivity index (χ3n) is 5.91. The third kappa shape index (κ3) is 7.42. The summed E-state index contributed by atoms with van der Waals surface area (Å²) in [5, 5.41) is 9.82. The Balaban J connectivity index is 1.50. The Kier molecular flexibility index (Phi) is 7.83. The Morgan fingerprint density at radius 2 is 1.54 bits per heavy atom. The van der Waals surface area contributed by atoms with Gasteiger partial charge in [-0.05, 0) is 49.8 Å². The number of halogens is 6. The minimum Gasteiger partial charge on any atom is -0.352 e. The monoisotopic (exact) mass is 506 g/mol. The molecule has 0 bridgehead atoms. The molecule has 0 saturated heterocycles. The molecule has 12 heteroatoms. The molecular formula is C23H28F6N4O2. The van der Waals surface area contributed by atoms with E-state index in [2.05, 4.69) is 20.8 Å². The van der Waals surface area contributed by atoms with E-state index in [-0.39, 0.29) is 30.0 Å². The van der Waals surface area contributed by atoms with Gasteiger partial charge in [0.05, 0.1) is 17.7 Å². The van der Waals surface area contributed by atoms with Crippen molar-refractivity contribution in [3.8, 4) is 0 Å². The summed E-state index contributed by atoms with van der Waals surface area (Å²) >= 11 is 0. The predicted octanol–water partition coefficient (Wildman–Crippen LogP) is 5.48. The van der Waals surface area contributed by atoms with Gasteiger partial charge < -0.3 is 15.2 Å². The number of hydrogen-bond donors (Lipinski definition) is 2. The van der Waals surface area contributed by atoms with Crippen LogP contribution in [0.2, 0.25) is 0 Å². The first-order valence-corrected chi connectivity index (χ1v) is 11.3. The molecule has 1 aliphatic rings. The smallest absolute Gasteiger partial charge is 0.352 e. The van der Waals surface area contributed by atoms with E-state index >= 15 is 0 Å². The highest BCUT2D eigenvalue weighted by molar-refractivity contribution is 5.94. The van der Waals surface area contributed by atoms with Crippen LogP contribution in [-0.4, -0.2) is 28.6 Å². The Morgan fingerprint density at radius 3 is 2.03 bits per heavy atom. The van der Waals surface area contributed by atoms with Gasteiger partial charge in [0, 0.05) is 23.6 Å². The molecule has 2 aromatic rings. The normalized spacial score (nSPS) is 19.6. The number of nitrogens with zero attached hydrogens (tertiary/aromatic N) is 2. The summed E-state index contributed by atoms with van der Waals surface area (Å²) in [6.07, 6.45) is -6.92. The number of nitrogens with one attached hydrogen (secondary N) is 2. The Labute approximate surface area is 198 Å². The van der Waals surface area contributed by atoms with Gasteiger partial charge in [0.15, 0.2) is 5.82 Å². The van der Waals surface area contributed by atoms with Gasteiger partial charge in [-0.25, -0.2) is 0 Å². The fourth-order valence-corrected chi connectivity index (χ4v) is 3.86. The van der Waals surface area contributed by atoms with E-state index in [0.29, 0.717) is 30.4 Å². The van der Waals surface area contributed by atoms with Crippen molar-refractivity contribution in [1.29, 1.82) is 0 Å². The number of rotatable bonds is 6. The summed E-state index contributed by atoms with van der Waals surface area (Å²) in [5.41, 5.74) is -3.94. The molecule has 3 rings (SSSR count). The van der Waals surface area contributed by atoms with Crippen LogP contribution < -0.4 is 10.6 Å². The van der Waals surface area contributed by atoms with Crippen LogP contribution in [0.25, 0.3) is 0 Å². The molecule has 1 heterocycles. The van der Waals surface area contributed by atoms with Crippen molar-refractivity contribution in [3.63, 3.8) is 0 Å². The van der Waals surface area contributed by atoms with E-state index in [1.807, 2.05) is 20.8 Å². The highest BCUT2D eigenvalue weighted by Crippen LogP contribution is 2.36. The van der Waals surface area contributed by atoms with E-state index < -0.39 is 35.0 Å². The largest absolute Gasteiger partial charge is 0.416 e. The molecule has 0 unspecified atom stereocenters. The highest BCUT2D eigenvalue weighted by Gasteiger charge is 2.37. The summed E-state index contributed by atoms with van der Waals surface area (Å²) < 4.78 is 83.4. The van der Waals surface area contributed by atoms with Gasteiger partial charge in [-0.3, -0.25) is 4.79 Å². The van der Waals surface area contributed by atoms with Gasteiger partial charge in [-0.1, -0.05) is 25.9 Å². The minimum absolute atomic E-state index is 0.00353. The van der Waals surface area contributed by atoms with Gasteiger partial charge >= 0.3 is 12.4 Å². The van der Waals surface area contributed by atoms with Crippen molar-refractivity contribution in [2.24, 2.45) is 5.92 Å². The standard InChI is InChI=1S/C23H28F6N4O2/c1-21(2,3)20-32-18(33-35-20)12-30-17-6-4-13(5-7-17)11-31-19(34)14-8-15(22(24,25)26)10-16(9-14)23(27,28)29/h8-10,13,17,30H,4-7,11-12H2,1-3H3,(H,31,34)/t13-,17-. The van der Waals surface area contributed by atoms with Crippen molar-refractivity contribution in [1.82, 2.24) is 20.8 Å². The number of benzene rings is 1. The molecule has 1 aromatic heterocycles. The molecule has 35 heavy (non-hydrogen) atoms. The molecule has 194 valence electrons. The Morgan fingerprint density at radius 1 is 0.971 bits per heavy atom. The summed E-state index contributed by atoms with van der Waals surface area (Å²) in [4.78, 5) is 16.7. The van der Waals surface area contributed by atoms with Crippen molar-refractivity contribution < 1.29 is 35.7 Å². The average molecular weight is 506 g/mol. The summed E-state index contributed by atoms with van der Waals surface area (Å²) in [5.74, 6) is 0.219. The molecular weight excluding hydrogens is 478 g/mol. The topological polar surface area (TPSA) is 80.0 Å². The Bertz CT molecular complexity index is 986. The second-order valence-corrected chi connectivity index (χ2v) is 9.87. The number of hydrogen-bond acceptors (Lipinski definition) is 5. The minimum atomic E-state index is -5.00. The molecule has 1 aliphatic carbocycles. The first-order chi connectivity index (χ1) is 16.1. The van der Waals surface area contributed by atoms with E-state index in [9.17, 15) is 31.1 Å². The molecule has 1 aromatic carbocycles. The molecule has 2 N–H and O–H groups in total. The lowest BCUT2D eigenvalue weighted by molar-refractivity contribution is -0.143. The van der Waals surface area contributed by atoms with Crippen LogP contribution in [0, 0.1) is 5.92 Å². The van der Waals surface area contributed by atoms with Crippen molar-refractivity contribution in [2.45, 2.75) is 76.8 Å². The molecule has 1 amide bonds. The van der Waals surface area contributed by atoms with Crippen molar-refractivity contribution in [3.05, 3.63) is 46.6 Å². The fraction of sp³-hybridized carbons (Fsp3) is 0.609. The number of aromatic nitrogens is 2. The van der Waals surface area contributed by atoms with E-state index in [1.165, 1.54) is 0 Å². The lowest BCUT2D eigenvalue weighted by atomic mass is 9.86. The maximum absolute atomic E-state index is 13.0. The fourth-order valence-electron chi connectivity index (χ4n) is 3.86. The van der Waals surface area contributed by atoms with Gasteiger partial charge in [0.2, 0.25) is 5.89 Å². The first-order valence-electron chi connectivity index (χ1n) is 11.3. The van der Waals surface area contributed by atoms with Crippen molar-refractivity contribution in [2.75, 3.05) is 6.54 Å². The van der Waals surface area contributed by atoms with Gasteiger partial charge in [-0.2, -0.15) is 31.3 Å². The van der Waals surface area contributed by atoms with Gasteiger partial charge in [0.25, 0.3) is 5.91 Å². The second-order valence-electron chi connectivity index (χ2n) is 9.87. The second kappa shape index (κ2) is 10.2. The van der Waals surface area contributed by atoms with Crippen molar-refractivity contribution >= 4 is 5.91 Å². The van der Waals surface area contributed by atoms with Crippen LogP contribution in [0.1, 0.15) is 79.7 Å². The SMILES string of the molecule is CC(C)(C)c1nc(CN[C@H]2CC[C@H](CNC(=O)c3cc(C(F)(F)F)cc(C(F)(F)F)c3)CC2)no1. The van der Waals surface area contributed by atoms with Crippen LogP contribution in [0.15, 0.2) is 22.7 Å². The molecule has 0 spiro atoms. The quantitative estimate of drug-likeness (QED) is 0.507. The molecule has 0 aliphatic heterocycles. The van der Waals surface area contributed by atoms with E-state index in [4.69, 9.17) is 4.52 Å². The lowest BCUT2D eigenvalue weighted by Gasteiger charge is -2.29. The third-order valence-corrected chi connectivity index (χ3v) is 5.91. The Hall–Kier alpha value is -2.63. The summed E-state index contributed by atoms with van der Waals surface area (Å²) in [7, 11) is 0. The molecule has 6 nitrogen and oxygen atoms in total. The maximum Gasteiger partial charge on any atom is 0.416 e. The van der Waals surface area contributed by atoms with Crippen LogP contribution in [0.3, 0.4) is 0 Å². The molecule has 1 saturated carbocycles. The van der Waals surface area contributed by atoms with Crippen LogP contribution >= 0.6 is 0 Å². The summed E-state index contributed by atoms with van der Waals surface area (Å²) in [6.45, 7) is 6.53. The molecule has 1 fully saturated rings. The zero-order valence-electron chi connectivity index (χ0n) is 19.6. The number of carbonyl (C=O) groups excluding carboxylic acids is 1. The molecule has 0 radical (unpaired) electrons. The number of carbonyl (C=O) groups is 1. The number of amides is 1. The lowest BCUT2D eigenvalue weighted by Crippen LogP contribution is -2.37. The van der Waals surface area contributed by atoms with E-state index in [1.54, 1.807) is 0 Å². The number of alkyl halides is 6. The van der Waals surface area contributed by atoms with Crippen LogP contribution in [0.5, 0.6) is 0 Å². The van der Waals surface area contributed by atoms with Gasteiger partial charge in [-0.15, -0.1) is 0 Å². The maximum atomic E-state index is 13.0. The zero-order chi connectivity index (χ0) is 26.0. The predicted molar refractivity (Wildman–Crippen MR) is 114 cm³/mol. The highest BCUT2D eigenvalue weighted by atomic mass is 19.4. The van der Waals surface area contributed by atoms with Crippen LogP contribution in [0.4, 0.5) is 26.3 Å². The molecule has 0 atom stereocenters. The average Bonchev–Trinajstić information content (AvgIpc) is 3.25. The van der Waals surface area contributed by atoms with Gasteiger partial charge in [0.1, 0.15) is 0 Å². The summed E-state index contributed by atoms with van der Waals surface area (Å²) in [6, 6.07) is 1.09.